The maximum atomic E-state index is 2.24. The predicted molar refractivity (Wildman–Crippen MR) is 65.4 cm³/mol. The van der Waals surface area contributed by atoms with E-state index in [1.165, 1.54) is 11.1 Å². The Morgan fingerprint density at radius 3 is 1.33 bits per heavy atom. The van der Waals surface area contributed by atoms with Crippen molar-refractivity contribution >= 4 is 0 Å². The molecule has 2 rings (SSSR count). The summed E-state index contributed by atoms with van der Waals surface area (Å²) in [5.74, 6) is 0.484. The largest absolute Gasteiger partial charge is 0.344 e. The summed E-state index contributed by atoms with van der Waals surface area (Å²) in [5, 5.41) is 0. The molecule has 0 fully saturated rings. The summed E-state index contributed by atoms with van der Waals surface area (Å²) in [6, 6.07) is 21.2. The SMILES string of the molecule is CC(c1ccccc1)c1ccccc1.N. The fourth-order valence-corrected chi connectivity index (χ4v) is 1.68. The molecular weight excluding hydrogens is 182 g/mol. The van der Waals surface area contributed by atoms with E-state index in [-0.39, 0.29) is 6.15 Å². The molecule has 0 spiro atoms. The third-order valence-electron chi connectivity index (χ3n) is 2.60. The van der Waals surface area contributed by atoms with Gasteiger partial charge in [-0.1, -0.05) is 67.6 Å². The van der Waals surface area contributed by atoms with Gasteiger partial charge < -0.3 is 6.15 Å². The van der Waals surface area contributed by atoms with E-state index in [9.17, 15) is 0 Å². The molecule has 2 aromatic rings. The molecule has 0 heterocycles. The third-order valence-corrected chi connectivity index (χ3v) is 2.60. The first-order valence-electron chi connectivity index (χ1n) is 4.98. The molecule has 3 N–H and O–H groups in total. The summed E-state index contributed by atoms with van der Waals surface area (Å²) >= 11 is 0. The van der Waals surface area contributed by atoms with E-state index in [1.54, 1.807) is 0 Å². The van der Waals surface area contributed by atoms with E-state index in [2.05, 4.69) is 67.6 Å². The van der Waals surface area contributed by atoms with Crippen LogP contribution in [0.2, 0.25) is 0 Å². The van der Waals surface area contributed by atoms with Crippen molar-refractivity contribution in [3.8, 4) is 0 Å². The summed E-state index contributed by atoms with van der Waals surface area (Å²) < 4.78 is 0. The van der Waals surface area contributed by atoms with Crippen LogP contribution in [0.3, 0.4) is 0 Å². The zero-order valence-corrected chi connectivity index (χ0v) is 9.06. The van der Waals surface area contributed by atoms with Crippen molar-refractivity contribution in [2.45, 2.75) is 12.8 Å². The van der Waals surface area contributed by atoms with Crippen LogP contribution < -0.4 is 6.15 Å². The van der Waals surface area contributed by atoms with Crippen molar-refractivity contribution in [3.63, 3.8) is 0 Å². The highest BCUT2D eigenvalue weighted by molar-refractivity contribution is 5.31. The van der Waals surface area contributed by atoms with E-state index >= 15 is 0 Å². The summed E-state index contributed by atoms with van der Waals surface area (Å²) in [6.07, 6.45) is 0. The van der Waals surface area contributed by atoms with Crippen LogP contribution in [0.1, 0.15) is 24.0 Å². The van der Waals surface area contributed by atoms with Crippen LogP contribution in [0.25, 0.3) is 0 Å². The van der Waals surface area contributed by atoms with Gasteiger partial charge in [0.1, 0.15) is 0 Å². The first-order valence-corrected chi connectivity index (χ1v) is 4.98. The lowest BCUT2D eigenvalue weighted by atomic mass is 9.93. The van der Waals surface area contributed by atoms with Crippen LogP contribution in [0.4, 0.5) is 0 Å². The lowest BCUT2D eigenvalue weighted by molar-refractivity contribution is 0.922. The van der Waals surface area contributed by atoms with Gasteiger partial charge >= 0.3 is 0 Å². The average Bonchev–Trinajstić information content (AvgIpc) is 2.30. The van der Waals surface area contributed by atoms with Crippen molar-refractivity contribution in [1.29, 1.82) is 0 Å². The Bertz CT molecular complexity index is 341. The van der Waals surface area contributed by atoms with Crippen LogP contribution in [0.15, 0.2) is 60.7 Å². The van der Waals surface area contributed by atoms with E-state index in [4.69, 9.17) is 0 Å². The Labute approximate surface area is 91.4 Å². The second-order valence-corrected chi connectivity index (χ2v) is 3.54. The molecule has 1 nitrogen and oxygen atoms in total. The lowest BCUT2D eigenvalue weighted by Gasteiger charge is -2.11. The Morgan fingerprint density at radius 2 is 1.00 bits per heavy atom. The highest BCUT2D eigenvalue weighted by Crippen LogP contribution is 2.22. The molecule has 1 heteroatoms. The van der Waals surface area contributed by atoms with Crippen molar-refractivity contribution in [2.24, 2.45) is 0 Å². The van der Waals surface area contributed by atoms with E-state index in [0.717, 1.165) is 0 Å². The second kappa shape index (κ2) is 5.32. The minimum absolute atomic E-state index is 0. The normalized spacial score (nSPS) is 9.73. The van der Waals surface area contributed by atoms with Crippen molar-refractivity contribution in [2.75, 3.05) is 0 Å². The van der Waals surface area contributed by atoms with Gasteiger partial charge in [0.2, 0.25) is 0 Å². The Morgan fingerprint density at radius 1 is 0.667 bits per heavy atom. The quantitative estimate of drug-likeness (QED) is 0.779. The third kappa shape index (κ3) is 2.67. The minimum atomic E-state index is 0. The summed E-state index contributed by atoms with van der Waals surface area (Å²) in [6.45, 7) is 2.24. The van der Waals surface area contributed by atoms with Gasteiger partial charge in [0, 0.05) is 5.92 Å². The fraction of sp³-hybridized carbons (Fsp3) is 0.143. The molecule has 0 aliphatic rings. The molecule has 2 aromatic carbocycles. The van der Waals surface area contributed by atoms with Gasteiger partial charge in [-0.3, -0.25) is 0 Å². The molecule has 0 aliphatic heterocycles. The molecule has 0 radical (unpaired) electrons. The predicted octanol–water partition coefficient (Wildman–Crippen LogP) is 4.00. The molecule has 0 unspecified atom stereocenters. The van der Waals surface area contributed by atoms with Gasteiger partial charge in [0.15, 0.2) is 0 Å². The van der Waals surface area contributed by atoms with Gasteiger partial charge in [-0.2, -0.15) is 0 Å². The molecule has 78 valence electrons. The first-order chi connectivity index (χ1) is 6.88. The van der Waals surface area contributed by atoms with Crippen LogP contribution in [0.5, 0.6) is 0 Å². The van der Waals surface area contributed by atoms with Gasteiger partial charge in [-0.15, -0.1) is 0 Å². The zero-order chi connectivity index (χ0) is 9.80. The van der Waals surface area contributed by atoms with E-state index < -0.39 is 0 Å². The number of hydrogen-bond acceptors (Lipinski definition) is 1. The fourth-order valence-electron chi connectivity index (χ4n) is 1.68. The monoisotopic (exact) mass is 199 g/mol. The second-order valence-electron chi connectivity index (χ2n) is 3.54. The van der Waals surface area contributed by atoms with Crippen LogP contribution >= 0.6 is 0 Å². The Kier molecular flexibility index (Phi) is 4.07. The summed E-state index contributed by atoms with van der Waals surface area (Å²) in [4.78, 5) is 0. The van der Waals surface area contributed by atoms with Gasteiger partial charge in [-0.25, -0.2) is 0 Å². The first kappa shape index (κ1) is 11.5. The Hall–Kier alpha value is -1.60. The summed E-state index contributed by atoms with van der Waals surface area (Å²) in [5.41, 5.74) is 2.75. The molecule has 0 saturated carbocycles. The van der Waals surface area contributed by atoms with Crippen LogP contribution in [0, 0.1) is 0 Å². The minimum Gasteiger partial charge on any atom is -0.344 e. The maximum absolute atomic E-state index is 2.24. The Balaban J connectivity index is 0.00000112. The standard InChI is InChI=1S/C14H14.H3N/c1-12(13-8-4-2-5-9-13)14-10-6-3-7-11-14;/h2-12H,1H3;1H3. The number of hydrogen-bond donors (Lipinski definition) is 1. The highest BCUT2D eigenvalue weighted by Gasteiger charge is 2.05. The molecule has 0 aromatic heterocycles. The van der Waals surface area contributed by atoms with E-state index in [0.29, 0.717) is 5.92 Å². The van der Waals surface area contributed by atoms with Crippen LogP contribution in [-0.2, 0) is 0 Å². The highest BCUT2D eigenvalue weighted by atomic mass is 14.1. The van der Waals surface area contributed by atoms with Gasteiger partial charge in [0.05, 0.1) is 0 Å². The van der Waals surface area contributed by atoms with Gasteiger partial charge in [-0.05, 0) is 11.1 Å². The molecule has 0 bridgehead atoms. The smallest absolute Gasteiger partial charge is 0.00610 e. The molecule has 0 amide bonds. The lowest BCUT2D eigenvalue weighted by Crippen LogP contribution is -1.94. The summed E-state index contributed by atoms with van der Waals surface area (Å²) in [7, 11) is 0. The van der Waals surface area contributed by atoms with Gasteiger partial charge in [0.25, 0.3) is 0 Å². The van der Waals surface area contributed by atoms with Crippen molar-refractivity contribution in [1.82, 2.24) is 6.15 Å². The molecule has 0 atom stereocenters. The maximum Gasteiger partial charge on any atom is 0.00610 e. The molecule has 0 saturated heterocycles. The molecular formula is C14H17N. The molecule has 0 aliphatic carbocycles. The van der Waals surface area contributed by atoms with Crippen molar-refractivity contribution < 1.29 is 0 Å². The van der Waals surface area contributed by atoms with Crippen LogP contribution in [-0.4, -0.2) is 0 Å². The van der Waals surface area contributed by atoms with Crippen molar-refractivity contribution in [3.05, 3.63) is 71.8 Å². The number of rotatable bonds is 2. The average molecular weight is 199 g/mol. The topological polar surface area (TPSA) is 35.0 Å². The molecule has 15 heavy (non-hydrogen) atoms. The van der Waals surface area contributed by atoms with E-state index in [1.807, 2.05) is 0 Å². The number of benzene rings is 2. The zero-order valence-electron chi connectivity index (χ0n) is 9.06.